The monoisotopic (exact) mass is 348 g/mol. The Bertz CT molecular complexity index is 463. The number of halogens is 1. The first-order chi connectivity index (χ1) is 7.64. The summed E-state index contributed by atoms with van der Waals surface area (Å²) in [5.74, 6) is -1.45. The van der Waals surface area contributed by atoms with E-state index in [-0.39, 0.29) is 15.1 Å². The number of rotatable bonds is 1. The highest BCUT2D eigenvalue weighted by Gasteiger charge is 2.35. The standard InChI is InChI=1S/C12H13IO4/c1-6(14)17-11-9(13)8(15)5-7(10(11)16)12(2,3)4/h5H,1-4H3. The Hall–Kier alpha value is -0.980. The highest BCUT2D eigenvalue weighted by Crippen LogP contribution is 2.34. The summed E-state index contributed by atoms with van der Waals surface area (Å²) in [6.07, 6.45) is 1.32. The van der Waals surface area contributed by atoms with Gasteiger partial charge in [0.05, 0.1) is 0 Å². The summed E-state index contributed by atoms with van der Waals surface area (Å²) in [5, 5.41) is 0. The van der Waals surface area contributed by atoms with Crippen molar-refractivity contribution in [1.82, 2.24) is 0 Å². The van der Waals surface area contributed by atoms with E-state index in [1.54, 1.807) is 22.6 Å². The minimum absolute atomic E-state index is 0.149. The molecule has 5 heteroatoms. The molecular formula is C12H13IO4. The van der Waals surface area contributed by atoms with Gasteiger partial charge in [0.2, 0.25) is 5.78 Å². The van der Waals surface area contributed by atoms with Crippen LogP contribution in [0, 0.1) is 5.41 Å². The third-order valence-corrected chi connectivity index (χ3v) is 3.22. The van der Waals surface area contributed by atoms with Gasteiger partial charge in [0.15, 0.2) is 11.5 Å². The molecule has 0 aromatic rings. The smallest absolute Gasteiger partial charge is 0.308 e. The number of ketones is 2. The number of allylic oxidation sites excluding steroid dienone is 3. The molecule has 0 saturated heterocycles. The Morgan fingerprint density at radius 3 is 2.24 bits per heavy atom. The van der Waals surface area contributed by atoms with Crippen LogP contribution in [0.3, 0.4) is 0 Å². The van der Waals surface area contributed by atoms with Gasteiger partial charge in [0.25, 0.3) is 0 Å². The summed E-state index contributed by atoms with van der Waals surface area (Å²) in [6.45, 7) is 6.68. The van der Waals surface area contributed by atoms with Gasteiger partial charge in [-0.05, 0) is 34.1 Å². The number of carbonyl (C=O) groups is 3. The molecular weight excluding hydrogens is 335 g/mol. The second-order valence-corrected chi connectivity index (χ2v) is 5.82. The third kappa shape index (κ3) is 3.02. The highest BCUT2D eigenvalue weighted by atomic mass is 127. The largest absolute Gasteiger partial charge is 0.421 e. The summed E-state index contributed by atoms with van der Waals surface area (Å²) in [4.78, 5) is 34.7. The van der Waals surface area contributed by atoms with Crippen LogP contribution >= 0.6 is 22.6 Å². The van der Waals surface area contributed by atoms with Crippen LogP contribution in [-0.4, -0.2) is 17.5 Å². The number of hydrogen-bond donors (Lipinski definition) is 0. The van der Waals surface area contributed by atoms with Gasteiger partial charge in [-0.3, -0.25) is 14.4 Å². The van der Waals surface area contributed by atoms with Crippen molar-refractivity contribution < 1.29 is 19.1 Å². The quantitative estimate of drug-likeness (QED) is 0.415. The van der Waals surface area contributed by atoms with E-state index in [2.05, 4.69) is 0 Å². The van der Waals surface area contributed by atoms with Crippen LogP contribution in [0.1, 0.15) is 27.7 Å². The van der Waals surface area contributed by atoms with Crippen molar-refractivity contribution in [2.24, 2.45) is 5.41 Å². The van der Waals surface area contributed by atoms with Gasteiger partial charge in [0, 0.05) is 12.5 Å². The van der Waals surface area contributed by atoms with Crippen molar-refractivity contribution in [1.29, 1.82) is 0 Å². The van der Waals surface area contributed by atoms with Crippen molar-refractivity contribution in [2.75, 3.05) is 0 Å². The van der Waals surface area contributed by atoms with E-state index in [1.807, 2.05) is 20.8 Å². The summed E-state index contributed by atoms with van der Waals surface area (Å²) in [7, 11) is 0. The van der Waals surface area contributed by atoms with Crippen LogP contribution in [-0.2, 0) is 19.1 Å². The summed E-state index contributed by atoms with van der Waals surface area (Å²) in [5.41, 5.74) is -0.102. The first kappa shape index (κ1) is 14.1. The molecule has 0 radical (unpaired) electrons. The molecule has 0 heterocycles. The summed E-state index contributed by atoms with van der Waals surface area (Å²) < 4.78 is 4.98. The zero-order chi connectivity index (χ0) is 13.4. The zero-order valence-corrected chi connectivity index (χ0v) is 12.2. The minimum Gasteiger partial charge on any atom is -0.421 e. The molecule has 1 rings (SSSR count). The van der Waals surface area contributed by atoms with E-state index in [9.17, 15) is 14.4 Å². The Labute approximate surface area is 113 Å². The topological polar surface area (TPSA) is 60.4 Å². The second kappa shape index (κ2) is 4.72. The molecule has 17 heavy (non-hydrogen) atoms. The van der Waals surface area contributed by atoms with Gasteiger partial charge in [-0.1, -0.05) is 20.8 Å². The lowest BCUT2D eigenvalue weighted by Gasteiger charge is -2.25. The van der Waals surface area contributed by atoms with Crippen LogP contribution in [0.25, 0.3) is 0 Å². The molecule has 1 aliphatic carbocycles. The molecule has 4 nitrogen and oxygen atoms in total. The average molecular weight is 348 g/mol. The molecule has 1 aliphatic rings. The molecule has 0 bridgehead atoms. The van der Waals surface area contributed by atoms with Crippen LogP contribution in [0.2, 0.25) is 0 Å². The van der Waals surface area contributed by atoms with Crippen molar-refractivity contribution in [3.8, 4) is 0 Å². The Kier molecular flexibility index (Phi) is 3.91. The minimum atomic E-state index is -0.606. The SMILES string of the molecule is CC(=O)OC1=C(I)C(=O)C=C(C(C)(C)C)C1=O. The molecule has 0 fully saturated rings. The fourth-order valence-electron chi connectivity index (χ4n) is 1.39. The van der Waals surface area contributed by atoms with E-state index in [1.165, 1.54) is 13.0 Å². The predicted molar refractivity (Wildman–Crippen MR) is 70.4 cm³/mol. The third-order valence-electron chi connectivity index (χ3n) is 2.20. The van der Waals surface area contributed by atoms with Gasteiger partial charge in [0.1, 0.15) is 3.58 Å². The summed E-state index contributed by atoms with van der Waals surface area (Å²) in [6, 6.07) is 0. The van der Waals surface area contributed by atoms with Gasteiger partial charge >= 0.3 is 5.97 Å². The molecule has 0 atom stereocenters. The van der Waals surface area contributed by atoms with E-state index < -0.39 is 17.2 Å². The maximum Gasteiger partial charge on any atom is 0.308 e. The number of ether oxygens (including phenoxy) is 1. The van der Waals surface area contributed by atoms with Crippen LogP contribution in [0.4, 0.5) is 0 Å². The molecule has 0 aliphatic heterocycles. The fraction of sp³-hybridized carbons (Fsp3) is 0.417. The number of carbonyl (C=O) groups excluding carboxylic acids is 3. The molecule has 92 valence electrons. The normalized spacial score (nSPS) is 17.1. The molecule has 0 saturated carbocycles. The van der Waals surface area contributed by atoms with Crippen molar-refractivity contribution in [3.63, 3.8) is 0 Å². The fourth-order valence-corrected chi connectivity index (χ4v) is 1.90. The van der Waals surface area contributed by atoms with Crippen LogP contribution < -0.4 is 0 Å². The highest BCUT2D eigenvalue weighted by molar-refractivity contribution is 14.1. The molecule has 0 aromatic heterocycles. The maximum atomic E-state index is 12.1. The van der Waals surface area contributed by atoms with Gasteiger partial charge in [-0.25, -0.2) is 0 Å². The second-order valence-electron chi connectivity index (χ2n) is 4.74. The van der Waals surface area contributed by atoms with E-state index in [0.29, 0.717) is 5.57 Å². The first-order valence-corrected chi connectivity index (χ1v) is 6.12. The zero-order valence-electron chi connectivity index (χ0n) is 10.1. The number of hydrogen-bond acceptors (Lipinski definition) is 4. The van der Waals surface area contributed by atoms with E-state index in [4.69, 9.17) is 4.74 Å². The predicted octanol–water partition coefficient (Wildman–Crippen LogP) is 2.32. The van der Waals surface area contributed by atoms with E-state index >= 15 is 0 Å². The lowest BCUT2D eigenvalue weighted by Crippen LogP contribution is -2.27. The lowest BCUT2D eigenvalue weighted by molar-refractivity contribution is -0.140. The number of esters is 1. The van der Waals surface area contributed by atoms with Crippen LogP contribution in [0.5, 0.6) is 0 Å². The Morgan fingerprint density at radius 1 is 1.29 bits per heavy atom. The molecule has 0 aromatic carbocycles. The van der Waals surface area contributed by atoms with Crippen molar-refractivity contribution in [2.45, 2.75) is 27.7 Å². The lowest BCUT2D eigenvalue weighted by atomic mass is 9.81. The van der Waals surface area contributed by atoms with Crippen LogP contribution in [0.15, 0.2) is 21.0 Å². The molecule has 0 spiro atoms. The van der Waals surface area contributed by atoms with Crippen molar-refractivity contribution >= 4 is 40.1 Å². The molecule has 0 amide bonds. The maximum absolute atomic E-state index is 12.1. The number of Topliss-reactive ketones (excluding diaryl/α,β-unsaturated/α-hetero) is 1. The molecule has 0 N–H and O–H groups in total. The van der Waals surface area contributed by atoms with Gasteiger partial charge < -0.3 is 4.74 Å². The van der Waals surface area contributed by atoms with E-state index in [0.717, 1.165) is 0 Å². The first-order valence-electron chi connectivity index (χ1n) is 5.04. The Morgan fingerprint density at radius 2 is 1.82 bits per heavy atom. The van der Waals surface area contributed by atoms with Gasteiger partial charge in [-0.15, -0.1) is 0 Å². The molecule has 0 unspecified atom stereocenters. The Balaban J connectivity index is 3.24. The van der Waals surface area contributed by atoms with Gasteiger partial charge in [-0.2, -0.15) is 0 Å². The average Bonchev–Trinajstić information content (AvgIpc) is 2.16. The summed E-state index contributed by atoms with van der Waals surface area (Å²) >= 11 is 1.72. The van der Waals surface area contributed by atoms with Crippen molar-refractivity contribution in [3.05, 3.63) is 21.0 Å².